The number of nitrogens with zero attached hydrogens (tertiary/aromatic N) is 2. The molecule has 1 atom stereocenters. The van der Waals surface area contributed by atoms with Crippen molar-refractivity contribution >= 4 is 6.09 Å². The second kappa shape index (κ2) is 4.73. The third-order valence-electron chi connectivity index (χ3n) is 3.40. The molecule has 1 saturated heterocycles. The van der Waals surface area contributed by atoms with Crippen LogP contribution in [0, 0.1) is 6.92 Å². The number of rotatable bonds is 1. The topological polar surface area (TPSA) is 64.8 Å². The van der Waals surface area contributed by atoms with Crippen LogP contribution in [0.2, 0.25) is 0 Å². The van der Waals surface area contributed by atoms with Crippen molar-refractivity contribution in [3.8, 4) is 0 Å². The Labute approximate surface area is 125 Å². The Balaban J connectivity index is 2.39. The van der Waals surface area contributed by atoms with E-state index >= 15 is 0 Å². The van der Waals surface area contributed by atoms with Crippen molar-refractivity contribution in [2.75, 3.05) is 6.61 Å². The van der Waals surface area contributed by atoms with Crippen molar-refractivity contribution < 1.29 is 18.7 Å². The van der Waals surface area contributed by atoms with E-state index in [4.69, 9.17) is 13.9 Å². The maximum atomic E-state index is 12.6. The summed E-state index contributed by atoms with van der Waals surface area (Å²) in [4.78, 5) is 18.5. The van der Waals surface area contributed by atoms with Gasteiger partial charge in [0.1, 0.15) is 22.6 Å². The molecule has 6 heteroatoms. The van der Waals surface area contributed by atoms with Crippen LogP contribution in [0.4, 0.5) is 4.79 Å². The molecule has 0 saturated carbocycles. The zero-order valence-electron chi connectivity index (χ0n) is 13.8. The largest absolute Gasteiger partial charge is 0.444 e. The van der Waals surface area contributed by atoms with Crippen molar-refractivity contribution in [1.82, 2.24) is 9.88 Å². The fourth-order valence-corrected chi connectivity index (χ4v) is 2.53. The molecule has 1 amide bonds. The highest BCUT2D eigenvalue weighted by atomic mass is 16.6. The summed E-state index contributed by atoms with van der Waals surface area (Å²) in [5.41, 5.74) is -2.16. The van der Waals surface area contributed by atoms with E-state index in [1.54, 1.807) is 11.1 Å². The average molecular weight is 296 g/mol. The molecule has 2 heterocycles. The number of ether oxygens (including phenoxy) is 2. The van der Waals surface area contributed by atoms with Crippen LogP contribution in [0.15, 0.2) is 10.6 Å². The van der Waals surface area contributed by atoms with Gasteiger partial charge in [0, 0.05) is 0 Å². The van der Waals surface area contributed by atoms with Gasteiger partial charge in [0.2, 0.25) is 5.89 Å². The van der Waals surface area contributed by atoms with E-state index in [1.165, 1.54) is 0 Å². The zero-order chi connectivity index (χ0) is 16.1. The van der Waals surface area contributed by atoms with E-state index in [0.29, 0.717) is 18.3 Å². The predicted octanol–water partition coefficient (Wildman–Crippen LogP) is 3.20. The molecule has 0 aromatic carbocycles. The fraction of sp³-hybridized carbons (Fsp3) is 0.733. The van der Waals surface area contributed by atoms with E-state index in [-0.39, 0.29) is 0 Å². The smallest absolute Gasteiger partial charge is 0.413 e. The van der Waals surface area contributed by atoms with Crippen molar-refractivity contribution in [3.63, 3.8) is 0 Å². The SMILES string of the molecule is Cc1cnc(C2(C)COC(C)(C)N2C(=O)OC(C)(C)C)o1. The molecule has 1 fully saturated rings. The number of carbonyl (C=O) groups excluding carboxylic acids is 1. The molecule has 0 bridgehead atoms. The molecule has 1 aromatic heterocycles. The molecule has 2 rings (SSSR count). The average Bonchev–Trinajstić information content (AvgIpc) is 2.80. The molecule has 0 radical (unpaired) electrons. The molecule has 0 spiro atoms. The Morgan fingerprint density at radius 3 is 2.48 bits per heavy atom. The lowest BCUT2D eigenvalue weighted by Gasteiger charge is -2.38. The standard InChI is InChI=1S/C15H24N2O4/c1-10-8-16-11(20-10)15(7)9-19-14(5,6)17(15)12(18)21-13(2,3)4/h8H,9H2,1-7H3. The summed E-state index contributed by atoms with van der Waals surface area (Å²) in [6.45, 7) is 13.2. The van der Waals surface area contributed by atoms with Gasteiger partial charge in [0.25, 0.3) is 0 Å². The molecule has 0 aliphatic carbocycles. The summed E-state index contributed by atoms with van der Waals surface area (Å²) in [5, 5.41) is 0. The van der Waals surface area contributed by atoms with E-state index < -0.39 is 23.0 Å². The molecular formula is C15H24N2O4. The van der Waals surface area contributed by atoms with Crippen molar-refractivity contribution in [3.05, 3.63) is 17.8 Å². The zero-order valence-corrected chi connectivity index (χ0v) is 13.8. The first-order valence-corrected chi connectivity index (χ1v) is 7.06. The summed E-state index contributed by atoms with van der Waals surface area (Å²) >= 11 is 0. The second-order valence-corrected chi connectivity index (χ2v) is 7.10. The highest BCUT2D eigenvalue weighted by molar-refractivity contribution is 5.70. The van der Waals surface area contributed by atoms with Crippen molar-refractivity contribution in [2.24, 2.45) is 0 Å². The molecule has 118 valence electrons. The van der Waals surface area contributed by atoms with Gasteiger partial charge in [-0.1, -0.05) is 0 Å². The Bertz CT molecular complexity index is 544. The molecular weight excluding hydrogens is 272 g/mol. The molecule has 1 aromatic rings. The number of hydrogen-bond donors (Lipinski definition) is 0. The van der Waals surface area contributed by atoms with E-state index in [1.807, 2.05) is 48.5 Å². The maximum absolute atomic E-state index is 12.6. The first kappa shape index (κ1) is 15.8. The minimum atomic E-state index is -0.792. The second-order valence-electron chi connectivity index (χ2n) is 7.10. The van der Waals surface area contributed by atoms with Crippen LogP contribution in [-0.4, -0.2) is 33.9 Å². The van der Waals surface area contributed by atoms with Gasteiger partial charge in [-0.2, -0.15) is 0 Å². The number of amides is 1. The summed E-state index contributed by atoms with van der Waals surface area (Å²) in [7, 11) is 0. The highest BCUT2D eigenvalue weighted by Gasteiger charge is 2.56. The summed E-state index contributed by atoms with van der Waals surface area (Å²) < 4.78 is 16.9. The third-order valence-corrected chi connectivity index (χ3v) is 3.40. The van der Waals surface area contributed by atoms with Gasteiger partial charge in [0.05, 0.1) is 12.8 Å². The fourth-order valence-electron chi connectivity index (χ4n) is 2.53. The number of hydrogen-bond acceptors (Lipinski definition) is 5. The van der Waals surface area contributed by atoms with Crippen molar-refractivity contribution in [2.45, 2.75) is 65.3 Å². The molecule has 0 N–H and O–H groups in total. The normalized spacial score (nSPS) is 25.2. The van der Waals surface area contributed by atoms with Gasteiger partial charge in [0.15, 0.2) is 0 Å². The Morgan fingerprint density at radius 2 is 2.00 bits per heavy atom. The summed E-state index contributed by atoms with van der Waals surface area (Å²) in [6.07, 6.45) is 1.20. The Kier molecular flexibility index (Phi) is 3.56. The first-order chi connectivity index (χ1) is 9.46. The van der Waals surface area contributed by atoms with Crippen LogP contribution in [-0.2, 0) is 15.0 Å². The Hall–Kier alpha value is -1.56. The van der Waals surface area contributed by atoms with Gasteiger partial charge in [-0.3, -0.25) is 4.90 Å². The molecule has 1 unspecified atom stereocenters. The Morgan fingerprint density at radius 1 is 1.38 bits per heavy atom. The van der Waals surface area contributed by atoms with Gasteiger partial charge >= 0.3 is 6.09 Å². The predicted molar refractivity (Wildman–Crippen MR) is 76.7 cm³/mol. The highest BCUT2D eigenvalue weighted by Crippen LogP contribution is 2.42. The number of oxazole rings is 1. The van der Waals surface area contributed by atoms with Gasteiger partial charge in [-0.05, 0) is 48.5 Å². The molecule has 1 aliphatic rings. The number of carbonyl (C=O) groups is 1. The first-order valence-electron chi connectivity index (χ1n) is 7.06. The van der Waals surface area contributed by atoms with E-state index in [2.05, 4.69) is 4.98 Å². The lowest BCUT2D eigenvalue weighted by atomic mass is 10.0. The quantitative estimate of drug-likeness (QED) is 0.796. The molecule has 1 aliphatic heterocycles. The van der Waals surface area contributed by atoms with Crippen LogP contribution < -0.4 is 0 Å². The lowest BCUT2D eigenvalue weighted by molar-refractivity contribution is -0.0702. The van der Waals surface area contributed by atoms with E-state index in [9.17, 15) is 4.79 Å². The summed E-state index contributed by atoms with van der Waals surface area (Å²) in [5.74, 6) is 1.15. The van der Waals surface area contributed by atoms with Crippen LogP contribution >= 0.6 is 0 Å². The van der Waals surface area contributed by atoms with Crippen LogP contribution in [0.1, 0.15) is 53.2 Å². The van der Waals surface area contributed by atoms with E-state index in [0.717, 1.165) is 0 Å². The van der Waals surface area contributed by atoms with Crippen molar-refractivity contribution in [1.29, 1.82) is 0 Å². The summed E-state index contributed by atoms with van der Waals surface area (Å²) in [6, 6.07) is 0. The minimum Gasteiger partial charge on any atom is -0.444 e. The minimum absolute atomic E-state index is 0.305. The van der Waals surface area contributed by atoms with Crippen LogP contribution in [0.25, 0.3) is 0 Å². The monoisotopic (exact) mass is 296 g/mol. The third kappa shape index (κ3) is 2.90. The van der Waals surface area contributed by atoms with Crippen LogP contribution in [0.3, 0.4) is 0 Å². The number of aromatic nitrogens is 1. The molecule has 6 nitrogen and oxygen atoms in total. The van der Waals surface area contributed by atoms with Gasteiger partial charge in [-0.25, -0.2) is 9.78 Å². The van der Waals surface area contributed by atoms with Gasteiger partial charge in [-0.15, -0.1) is 0 Å². The van der Waals surface area contributed by atoms with Crippen LogP contribution in [0.5, 0.6) is 0 Å². The molecule has 21 heavy (non-hydrogen) atoms. The van der Waals surface area contributed by atoms with Gasteiger partial charge < -0.3 is 13.9 Å². The maximum Gasteiger partial charge on any atom is 0.413 e. The lowest BCUT2D eigenvalue weighted by Crippen LogP contribution is -2.54. The number of aryl methyl sites for hydroxylation is 1.